The maximum Gasteiger partial charge on any atom is 0.278 e. The third-order valence-electron chi connectivity index (χ3n) is 2.61. The molecular weight excluding hydrogens is 247 g/mol. The van der Waals surface area contributed by atoms with Crippen molar-refractivity contribution < 1.29 is 9.18 Å². The topological polar surface area (TPSA) is 72.1 Å². The summed E-state index contributed by atoms with van der Waals surface area (Å²) in [7, 11) is 0. The molecule has 0 radical (unpaired) electrons. The van der Waals surface area contributed by atoms with Crippen molar-refractivity contribution in [3.63, 3.8) is 0 Å². The molecule has 2 rings (SSSR count). The molecule has 2 N–H and O–H groups in total. The normalized spacial score (nSPS) is 10.2. The summed E-state index contributed by atoms with van der Waals surface area (Å²) < 4.78 is 13.7. The number of hydrogen-bond acceptors (Lipinski definition) is 4. The number of para-hydroxylation sites is 1. The molecule has 19 heavy (non-hydrogen) atoms. The van der Waals surface area contributed by atoms with Crippen molar-refractivity contribution in [1.82, 2.24) is 10.2 Å². The molecule has 0 atom stereocenters. The van der Waals surface area contributed by atoms with Gasteiger partial charge in [-0.1, -0.05) is 12.1 Å². The van der Waals surface area contributed by atoms with E-state index >= 15 is 0 Å². The summed E-state index contributed by atoms with van der Waals surface area (Å²) in [5, 5.41) is 7.33. The minimum atomic E-state index is -0.457. The van der Waals surface area contributed by atoms with E-state index < -0.39 is 11.7 Å². The number of nitrogen functional groups attached to an aromatic ring is 1. The Balaban J connectivity index is 2.35. The molecule has 0 aliphatic heterocycles. The van der Waals surface area contributed by atoms with Gasteiger partial charge in [0.25, 0.3) is 5.91 Å². The Morgan fingerprint density at radius 2 is 2.00 bits per heavy atom. The van der Waals surface area contributed by atoms with Crippen LogP contribution in [0.3, 0.4) is 0 Å². The molecule has 0 spiro atoms. The molecule has 0 saturated heterocycles. The Hall–Kier alpha value is -2.50. The number of amides is 1. The van der Waals surface area contributed by atoms with Gasteiger partial charge in [-0.25, -0.2) is 4.39 Å². The molecule has 1 aromatic carbocycles. The summed E-state index contributed by atoms with van der Waals surface area (Å²) in [4.78, 5) is 13.6. The molecule has 0 unspecified atom stereocenters. The number of benzene rings is 1. The molecule has 0 fully saturated rings. The summed E-state index contributed by atoms with van der Waals surface area (Å²) >= 11 is 0. The third kappa shape index (κ3) is 2.67. The van der Waals surface area contributed by atoms with Crippen LogP contribution < -0.4 is 10.6 Å². The van der Waals surface area contributed by atoms with Crippen molar-refractivity contribution in [2.24, 2.45) is 0 Å². The molecule has 0 bridgehead atoms. The smallest absolute Gasteiger partial charge is 0.278 e. The first-order chi connectivity index (χ1) is 9.13. The largest absolute Gasteiger partial charge is 0.382 e. The first-order valence-electron chi connectivity index (χ1n) is 5.79. The average Bonchev–Trinajstić information content (AvgIpc) is 2.42. The standard InChI is InChI=1S/C13H13FN4O/c1-2-18(11-6-4-3-5-9(11)14)13(19)10-7-8-12(15)17-16-10/h3-8H,2H2,1H3,(H2,15,17). The second-order valence-corrected chi connectivity index (χ2v) is 3.84. The fourth-order valence-electron chi connectivity index (χ4n) is 1.69. The molecule has 0 aliphatic carbocycles. The summed E-state index contributed by atoms with van der Waals surface area (Å²) in [6.07, 6.45) is 0. The van der Waals surface area contributed by atoms with Crippen LogP contribution in [0.5, 0.6) is 0 Å². The van der Waals surface area contributed by atoms with Crippen LogP contribution in [0.25, 0.3) is 0 Å². The zero-order valence-electron chi connectivity index (χ0n) is 10.4. The van der Waals surface area contributed by atoms with Crippen molar-refractivity contribution in [3.05, 3.63) is 47.9 Å². The van der Waals surface area contributed by atoms with Crippen LogP contribution in [0, 0.1) is 5.82 Å². The highest BCUT2D eigenvalue weighted by Gasteiger charge is 2.20. The van der Waals surface area contributed by atoms with Gasteiger partial charge in [0.2, 0.25) is 0 Å². The summed E-state index contributed by atoms with van der Waals surface area (Å²) in [5.41, 5.74) is 5.75. The van der Waals surface area contributed by atoms with Gasteiger partial charge >= 0.3 is 0 Å². The maximum absolute atomic E-state index is 13.7. The van der Waals surface area contributed by atoms with E-state index in [0.29, 0.717) is 6.54 Å². The Kier molecular flexibility index (Phi) is 3.70. The summed E-state index contributed by atoms with van der Waals surface area (Å²) in [5.74, 6) is -0.647. The highest BCUT2D eigenvalue weighted by Crippen LogP contribution is 2.20. The average molecular weight is 260 g/mol. The van der Waals surface area contributed by atoms with E-state index in [4.69, 9.17) is 5.73 Å². The van der Waals surface area contributed by atoms with Crippen LogP contribution in [0.4, 0.5) is 15.9 Å². The van der Waals surface area contributed by atoms with E-state index in [0.717, 1.165) is 0 Å². The van der Waals surface area contributed by atoms with Gasteiger partial charge < -0.3 is 10.6 Å². The van der Waals surface area contributed by atoms with Gasteiger partial charge in [0.05, 0.1) is 5.69 Å². The second kappa shape index (κ2) is 5.43. The molecule has 0 saturated carbocycles. The van der Waals surface area contributed by atoms with Gasteiger partial charge in [-0.3, -0.25) is 4.79 Å². The van der Waals surface area contributed by atoms with E-state index in [9.17, 15) is 9.18 Å². The number of hydrogen-bond donors (Lipinski definition) is 1. The molecular formula is C13H13FN4O. The predicted octanol–water partition coefficient (Wildman–Crippen LogP) is 1.86. The Morgan fingerprint density at radius 1 is 1.26 bits per heavy atom. The van der Waals surface area contributed by atoms with Crippen molar-refractivity contribution in [2.75, 3.05) is 17.2 Å². The molecule has 2 aromatic rings. The Bertz CT molecular complexity index is 585. The zero-order valence-corrected chi connectivity index (χ0v) is 10.4. The predicted molar refractivity (Wildman–Crippen MR) is 70.2 cm³/mol. The van der Waals surface area contributed by atoms with Crippen LogP contribution in [0.1, 0.15) is 17.4 Å². The minimum absolute atomic E-state index is 0.124. The quantitative estimate of drug-likeness (QED) is 0.914. The van der Waals surface area contributed by atoms with E-state index in [1.165, 1.54) is 23.1 Å². The summed E-state index contributed by atoms with van der Waals surface area (Å²) in [6.45, 7) is 2.08. The first-order valence-corrected chi connectivity index (χ1v) is 5.79. The lowest BCUT2D eigenvalue weighted by molar-refractivity contribution is 0.0981. The lowest BCUT2D eigenvalue weighted by Gasteiger charge is -2.20. The Morgan fingerprint density at radius 3 is 2.58 bits per heavy atom. The fraction of sp³-hybridized carbons (Fsp3) is 0.154. The van der Waals surface area contributed by atoms with E-state index in [1.807, 2.05) is 0 Å². The zero-order chi connectivity index (χ0) is 13.8. The molecule has 1 aromatic heterocycles. The molecule has 6 heteroatoms. The number of halogens is 1. The monoisotopic (exact) mass is 260 g/mol. The fourth-order valence-corrected chi connectivity index (χ4v) is 1.69. The molecule has 1 amide bonds. The highest BCUT2D eigenvalue weighted by molar-refractivity contribution is 6.04. The number of aromatic nitrogens is 2. The van der Waals surface area contributed by atoms with E-state index in [1.54, 1.807) is 25.1 Å². The van der Waals surface area contributed by atoms with Gasteiger partial charge in [-0.15, -0.1) is 10.2 Å². The van der Waals surface area contributed by atoms with Crippen LogP contribution in [-0.2, 0) is 0 Å². The number of anilines is 2. The molecule has 1 heterocycles. The first kappa shape index (κ1) is 12.9. The molecule has 98 valence electrons. The van der Waals surface area contributed by atoms with E-state index in [2.05, 4.69) is 10.2 Å². The number of nitrogens with zero attached hydrogens (tertiary/aromatic N) is 3. The van der Waals surface area contributed by atoms with Crippen molar-refractivity contribution in [1.29, 1.82) is 0 Å². The van der Waals surface area contributed by atoms with Crippen LogP contribution in [-0.4, -0.2) is 22.6 Å². The maximum atomic E-state index is 13.7. The van der Waals surface area contributed by atoms with Gasteiger partial charge in [0.1, 0.15) is 11.6 Å². The SMILES string of the molecule is CCN(C(=O)c1ccc(N)nn1)c1ccccc1F. The number of carbonyl (C=O) groups excluding carboxylic acids is 1. The van der Waals surface area contributed by atoms with Crippen molar-refractivity contribution >= 4 is 17.4 Å². The van der Waals surface area contributed by atoms with Gasteiger partial charge in [-0.05, 0) is 31.2 Å². The minimum Gasteiger partial charge on any atom is -0.382 e. The highest BCUT2D eigenvalue weighted by atomic mass is 19.1. The van der Waals surface area contributed by atoms with Gasteiger partial charge in [-0.2, -0.15) is 0 Å². The molecule has 5 nitrogen and oxygen atoms in total. The lowest BCUT2D eigenvalue weighted by atomic mass is 10.2. The lowest BCUT2D eigenvalue weighted by Crippen LogP contribution is -2.32. The van der Waals surface area contributed by atoms with Crippen molar-refractivity contribution in [3.8, 4) is 0 Å². The van der Waals surface area contributed by atoms with Gasteiger partial charge in [0.15, 0.2) is 5.69 Å². The van der Waals surface area contributed by atoms with Gasteiger partial charge in [0, 0.05) is 6.54 Å². The second-order valence-electron chi connectivity index (χ2n) is 3.84. The third-order valence-corrected chi connectivity index (χ3v) is 2.61. The van der Waals surface area contributed by atoms with E-state index in [-0.39, 0.29) is 17.2 Å². The van der Waals surface area contributed by atoms with Crippen LogP contribution in [0.2, 0.25) is 0 Å². The van der Waals surface area contributed by atoms with Crippen LogP contribution >= 0.6 is 0 Å². The van der Waals surface area contributed by atoms with Crippen LogP contribution in [0.15, 0.2) is 36.4 Å². The number of nitrogens with two attached hydrogens (primary N) is 1. The molecule has 0 aliphatic rings. The number of carbonyl (C=O) groups is 1. The summed E-state index contributed by atoms with van der Waals surface area (Å²) in [6, 6.07) is 9.04. The number of rotatable bonds is 3. The Labute approximate surface area is 109 Å². The van der Waals surface area contributed by atoms with Crippen molar-refractivity contribution in [2.45, 2.75) is 6.92 Å².